The molecule has 94 valence electrons. The first kappa shape index (κ1) is 13.2. The summed E-state index contributed by atoms with van der Waals surface area (Å²) in [6, 6.07) is 8.43. The van der Waals surface area contributed by atoms with E-state index in [1.54, 1.807) is 13.0 Å². The highest BCUT2D eigenvalue weighted by Gasteiger charge is 2.15. The highest BCUT2D eigenvalue weighted by atomic mass is 79.9. The summed E-state index contributed by atoms with van der Waals surface area (Å²) in [7, 11) is 0. The summed E-state index contributed by atoms with van der Waals surface area (Å²) < 4.78 is 26.9. The Bertz CT molecular complexity index is 584. The van der Waals surface area contributed by atoms with Crippen LogP contribution in [0.5, 0.6) is 0 Å². The van der Waals surface area contributed by atoms with Crippen molar-refractivity contribution in [3.63, 3.8) is 0 Å². The Balaban J connectivity index is 2.44. The number of aliphatic hydroxyl groups is 1. The minimum Gasteiger partial charge on any atom is -0.384 e. The maximum atomic E-state index is 13.2. The van der Waals surface area contributed by atoms with Gasteiger partial charge in [0.05, 0.1) is 0 Å². The van der Waals surface area contributed by atoms with Crippen LogP contribution in [0.4, 0.5) is 8.78 Å². The molecule has 1 N–H and O–H groups in total. The summed E-state index contributed by atoms with van der Waals surface area (Å²) in [5, 5.41) is 10.2. The molecule has 0 saturated heterocycles. The minimum absolute atomic E-state index is 0.329. The average Bonchev–Trinajstić information content (AvgIpc) is 2.35. The van der Waals surface area contributed by atoms with Gasteiger partial charge in [-0.25, -0.2) is 8.78 Å². The number of halogens is 3. The van der Waals surface area contributed by atoms with E-state index in [-0.39, 0.29) is 5.82 Å². The van der Waals surface area contributed by atoms with Gasteiger partial charge >= 0.3 is 0 Å². The molecule has 0 radical (unpaired) electrons. The monoisotopic (exact) mass is 312 g/mol. The molecule has 0 aromatic heterocycles. The molecule has 1 atom stereocenters. The largest absolute Gasteiger partial charge is 0.384 e. The number of rotatable bonds is 2. The Morgan fingerprint density at radius 2 is 1.83 bits per heavy atom. The van der Waals surface area contributed by atoms with E-state index in [0.29, 0.717) is 21.2 Å². The van der Waals surface area contributed by atoms with Gasteiger partial charge in [-0.1, -0.05) is 28.1 Å². The van der Waals surface area contributed by atoms with Crippen LogP contribution in [0.2, 0.25) is 0 Å². The number of hydrogen-bond acceptors (Lipinski definition) is 1. The molecule has 1 nitrogen and oxygen atoms in total. The molecule has 0 heterocycles. The van der Waals surface area contributed by atoms with Crippen LogP contribution in [-0.2, 0) is 0 Å². The third-order valence-corrected chi connectivity index (χ3v) is 3.47. The molecule has 2 aromatic rings. The highest BCUT2D eigenvalue weighted by molar-refractivity contribution is 9.10. The zero-order chi connectivity index (χ0) is 13.3. The maximum absolute atomic E-state index is 13.2. The van der Waals surface area contributed by atoms with E-state index in [0.717, 1.165) is 0 Å². The summed E-state index contributed by atoms with van der Waals surface area (Å²) >= 11 is 3.26. The van der Waals surface area contributed by atoms with Crippen LogP contribution in [0.3, 0.4) is 0 Å². The molecule has 0 aliphatic carbocycles. The molecule has 0 saturated carbocycles. The lowest BCUT2D eigenvalue weighted by Crippen LogP contribution is -2.02. The van der Waals surface area contributed by atoms with Crippen molar-refractivity contribution in [2.45, 2.75) is 13.0 Å². The molecule has 0 spiro atoms. The smallest absolute Gasteiger partial charge is 0.126 e. The standard InChI is InChI=1S/C14H11BrF2O/c1-8-6-9(2-5-13(8)17)14(18)11-7-10(16)3-4-12(11)15/h2-7,14,18H,1H3. The summed E-state index contributed by atoms with van der Waals surface area (Å²) in [5.41, 5.74) is 1.39. The summed E-state index contributed by atoms with van der Waals surface area (Å²) in [6.45, 7) is 1.62. The first-order valence-corrected chi connectivity index (χ1v) is 6.17. The van der Waals surface area contributed by atoms with Gasteiger partial charge in [-0.3, -0.25) is 0 Å². The van der Waals surface area contributed by atoms with E-state index < -0.39 is 11.9 Å². The molecule has 18 heavy (non-hydrogen) atoms. The van der Waals surface area contributed by atoms with E-state index in [4.69, 9.17) is 0 Å². The van der Waals surface area contributed by atoms with Gasteiger partial charge in [0.25, 0.3) is 0 Å². The average molecular weight is 313 g/mol. The predicted molar refractivity (Wildman–Crippen MR) is 69.3 cm³/mol. The van der Waals surface area contributed by atoms with Gasteiger partial charge in [0, 0.05) is 10.0 Å². The molecule has 0 bridgehead atoms. The van der Waals surface area contributed by atoms with Crippen molar-refractivity contribution in [1.82, 2.24) is 0 Å². The van der Waals surface area contributed by atoms with Crippen molar-refractivity contribution in [1.29, 1.82) is 0 Å². The van der Waals surface area contributed by atoms with Gasteiger partial charge < -0.3 is 5.11 Å². The fraction of sp³-hybridized carbons (Fsp3) is 0.143. The second-order valence-electron chi connectivity index (χ2n) is 4.08. The lowest BCUT2D eigenvalue weighted by Gasteiger charge is -2.14. The van der Waals surface area contributed by atoms with Crippen molar-refractivity contribution < 1.29 is 13.9 Å². The van der Waals surface area contributed by atoms with Gasteiger partial charge in [-0.15, -0.1) is 0 Å². The first-order chi connectivity index (χ1) is 8.49. The molecule has 1 unspecified atom stereocenters. The number of aryl methyl sites for hydroxylation is 1. The number of benzene rings is 2. The fourth-order valence-corrected chi connectivity index (χ4v) is 2.21. The topological polar surface area (TPSA) is 20.2 Å². The third kappa shape index (κ3) is 2.60. The Labute approximate surface area is 112 Å². The first-order valence-electron chi connectivity index (χ1n) is 5.38. The van der Waals surface area contributed by atoms with Crippen molar-refractivity contribution in [2.75, 3.05) is 0 Å². The highest BCUT2D eigenvalue weighted by Crippen LogP contribution is 2.29. The van der Waals surface area contributed by atoms with Gasteiger partial charge in [0.2, 0.25) is 0 Å². The Kier molecular flexibility index (Phi) is 3.78. The van der Waals surface area contributed by atoms with Crippen molar-refractivity contribution in [3.8, 4) is 0 Å². The van der Waals surface area contributed by atoms with Crippen LogP contribution in [0.15, 0.2) is 40.9 Å². The quantitative estimate of drug-likeness (QED) is 0.884. The van der Waals surface area contributed by atoms with E-state index in [1.165, 1.54) is 30.3 Å². The second kappa shape index (κ2) is 5.16. The van der Waals surface area contributed by atoms with Gasteiger partial charge in [-0.2, -0.15) is 0 Å². The zero-order valence-corrected chi connectivity index (χ0v) is 11.2. The van der Waals surface area contributed by atoms with Crippen LogP contribution in [0, 0.1) is 18.6 Å². The SMILES string of the molecule is Cc1cc(C(O)c2cc(F)ccc2Br)ccc1F. The molecular weight excluding hydrogens is 302 g/mol. The van der Waals surface area contributed by atoms with Crippen molar-refractivity contribution in [2.24, 2.45) is 0 Å². The van der Waals surface area contributed by atoms with Crippen LogP contribution in [-0.4, -0.2) is 5.11 Å². The van der Waals surface area contributed by atoms with Crippen LogP contribution in [0.25, 0.3) is 0 Å². The lowest BCUT2D eigenvalue weighted by molar-refractivity contribution is 0.219. The Morgan fingerprint density at radius 1 is 1.11 bits per heavy atom. The maximum Gasteiger partial charge on any atom is 0.126 e. The van der Waals surface area contributed by atoms with Crippen LogP contribution >= 0.6 is 15.9 Å². The minimum atomic E-state index is -0.991. The molecular formula is C14H11BrF2O. The predicted octanol–water partition coefficient (Wildman–Crippen LogP) is 4.12. The zero-order valence-electron chi connectivity index (χ0n) is 9.62. The number of aliphatic hydroxyl groups excluding tert-OH is 1. The third-order valence-electron chi connectivity index (χ3n) is 2.75. The number of hydrogen-bond donors (Lipinski definition) is 1. The van der Waals surface area contributed by atoms with Crippen LogP contribution in [0.1, 0.15) is 22.8 Å². The normalized spacial score (nSPS) is 12.5. The molecule has 0 aliphatic rings. The molecule has 0 fully saturated rings. The van der Waals surface area contributed by atoms with E-state index in [1.807, 2.05) is 0 Å². The lowest BCUT2D eigenvalue weighted by atomic mass is 10.00. The van der Waals surface area contributed by atoms with Crippen molar-refractivity contribution >= 4 is 15.9 Å². The van der Waals surface area contributed by atoms with Gasteiger partial charge in [0.1, 0.15) is 17.7 Å². The molecule has 0 amide bonds. The molecule has 2 aromatic carbocycles. The summed E-state index contributed by atoms with van der Waals surface area (Å²) in [4.78, 5) is 0. The van der Waals surface area contributed by atoms with Crippen molar-refractivity contribution in [3.05, 3.63) is 69.2 Å². The Morgan fingerprint density at radius 3 is 2.50 bits per heavy atom. The van der Waals surface area contributed by atoms with Gasteiger partial charge in [0.15, 0.2) is 0 Å². The fourth-order valence-electron chi connectivity index (χ4n) is 1.74. The molecule has 2 rings (SSSR count). The van der Waals surface area contributed by atoms with E-state index in [9.17, 15) is 13.9 Å². The summed E-state index contributed by atoms with van der Waals surface area (Å²) in [6.07, 6.45) is -0.991. The second-order valence-corrected chi connectivity index (χ2v) is 4.93. The Hall–Kier alpha value is -1.26. The van der Waals surface area contributed by atoms with E-state index >= 15 is 0 Å². The molecule has 4 heteroatoms. The van der Waals surface area contributed by atoms with Gasteiger partial charge in [-0.05, 0) is 42.3 Å². The van der Waals surface area contributed by atoms with Crippen LogP contribution < -0.4 is 0 Å². The summed E-state index contributed by atoms with van der Waals surface area (Å²) in [5.74, 6) is -0.754. The van der Waals surface area contributed by atoms with E-state index in [2.05, 4.69) is 15.9 Å². The molecule has 0 aliphatic heterocycles.